The highest BCUT2D eigenvalue weighted by Crippen LogP contribution is 2.45. The van der Waals surface area contributed by atoms with Crippen LogP contribution >= 0.6 is 11.6 Å². The summed E-state index contributed by atoms with van der Waals surface area (Å²) in [4.78, 5) is 36.4. The van der Waals surface area contributed by atoms with Crippen LogP contribution in [0, 0.1) is 17.8 Å². The quantitative estimate of drug-likeness (QED) is 0.435. The van der Waals surface area contributed by atoms with Gasteiger partial charge in [0, 0.05) is 45.0 Å². The van der Waals surface area contributed by atoms with E-state index in [0.717, 1.165) is 76.5 Å². The van der Waals surface area contributed by atoms with Crippen molar-refractivity contribution < 1.29 is 23.8 Å². The molecule has 1 N–H and O–H groups in total. The fourth-order valence-electron chi connectivity index (χ4n) is 8.15. The summed E-state index contributed by atoms with van der Waals surface area (Å²) in [6, 6.07) is -0.0929. The number of carbonyl (C=O) groups is 2. The van der Waals surface area contributed by atoms with Crippen molar-refractivity contribution in [2.75, 3.05) is 33.9 Å². The van der Waals surface area contributed by atoms with Crippen LogP contribution in [0.1, 0.15) is 84.5 Å². The smallest absolute Gasteiger partial charge is 0.326 e. The molecule has 5 aliphatic rings. The van der Waals surface area contributed by atoms with Gasteiger partial charge in [-0.2, -0.15) is 0 Å². The first kappa shape index (κ1) is 31.0. The number of amidine groups is 1. The molecule has 7 atom stereocenters. The van der Waals surface area contributed by atoms with E-state index in [4.69, 9.17) is 30.8 Å². The van der Waals surface area contributed by atoms with Crippen LogP contribution in [-0.4, -0.2) is 103 Å². The molecule has 0 aromatic carbocycles. The SMILES string of the molecule is COC1CCC(C2=N[C@H](C3CCCC(OC)C3)[C@H](C3CCC(Cl)CC3)N2C(=O)N2CCNC(=O)C2)C(OC(C)C)C1. The van der Waals surface area contributed by atoms with Gasteiger partial charge in [-0.15, -0.1) is 11.6 Å². The second kappa shape index (κ2) is 13.9. The largest absolute Gasteiger partial charge is 0.381 e. The van der Waals surface area contributed by atoms with Crippen LogP contribution < -0.4 is 5.32 Å². The van der Waals surface area contributed by atoms with Crippen molar-refractivity contribution in [2.24, 2.45) is 22.7 Å². The molecule has 3 aliphatic carbocycles. The minimum atomic E-state index is -0.102. The fourth-order valence-corrected chi connectivity index (χ4v) is 8.40. The minimum absolute atomic E-state index is 0.00467. The monoisotopic (exact) mass is 594 g/mol. The predicted octanol–water partition coefficient (Wildman–Crippen LogP) is 4.60. The molecule has 10 heteroatoms. The number of carbonyl (C=O) groups excluding carboxylic acids is 2. The Morgan fingerprint density at radius 2 is 1.71 bits per heavy atom. The van der Waals surface area contributed by atoms with Crippen molar-refractivity contribution in [2.45, 2.75) is 126 Å². The van der Waals surface area contributed by atoms with Crippen molar-refractivity contribution in [3.05, 3.63) is 0 Å². The van der Waals surface area contributed by atoms with Gasteiger partial charge in [0.2, 0.25) is 5.91 Å². The minimum Gasteiger partial charge on any atom is -0.381 e. The number of methoxy groups -OCH3 is 2. The number of hydrogen-bond donors (Lipinski definition) is 1. The van der Waals surface area contributed by atoms with E-state index >= 15 is 0 Å². The summed E-state index contributed by atoms with van der Waals surface area (Å²) in [5.74, 6) is 1.45. The van der Waals surface area contributed by atoms with Gasteiger partial charge in [-0.25, -0.2) is 4.79 Å². The molecular weight excluding hydrogens is 544 g/mol. The van der Waals surface area contributed by atoms with Crippen molar-refractivity contribution >= 4 is 29.4 Å². The summed E-state index contributed by atoms with van der Waals surface area (Å²) < 4.78 is 18.2. The van der Waals surface area contributed by atoms with E-state index in [9.17, 15) is 9.59 Å². The highest BCUT2D eigenvalue weighted by Gasteiger charge is 2.52. The Morgan fingerprint density at radius 1 is 0.976 bits per heavy atom. The first-order valence-corrected chi connectivity index (χ1v) is 16.5. The van der Waals surface area contributed by atoms with Crippen molar-refractivity contribution in [3.8, 4) is 0 Å². The van der Waals surface area contributed by atoms with Gasteiger partial charge in [0.25, 0.3) is 0 Å². The van der Waals surface area contributed by atoms with Crippen LogP contribution in [0.4, 0.5) is 4.79 Å². The highest BCUT2D eigenvalue weighted by atomic mass is 35.5. The van der Waals surface area contributed by atoms with Gasteiger partial charge >= 0.3 is 6.03 Å². The Balaban J connectivity index is 1.54. The first-order chi connectivity index (χ1) is 19.8. The molecule has 5 rings (SSSR count). The number of nitrogens with one attached hydrogen (secondary N) is 1. The van der Waals surface area contributed by atoms with E-state index in [2.05, 4.69) is 24.1 Å². The second-order valence-electron chi connectivity index (χ2n) is 13.2. The lowest BCUT2D eigenvalue weighted by atomic mass is 9.73. The lowest BCUT2D eigenvalue weighted by Crippen LogP contribution is -2.60. The number of piperazine rings is 1. The van der Waals surface area contributed by atoms with Crippen molar-refractivity contribution in [1.29, 1.82) is 0 Å². The third kappa shape index (κ3) is 7.05. The Labute approximate surface area is 251 Å². The average Bonchev–Trinajstić information content (AvgIpc) is 3.37. The van der Waals surface area contributed by atoms with Gasteiger partial charge in [-0.05, 0) is 83.5 Å². The molecule has 9 nitrogen and oxygen atoms in total. The van der Waals surface area contributed by atoms with Gasteiger partial charge in [0.05, 0.1) is 36.5 Å². The Morgan fingerprint density at radius 3 is 2.39 bits per heavy atom. The normalized spacial score (nSPS) is 38.6. The van der Waals surface area contributed by atoms with Gasteiger partial charge in [0.1, 0.15) is 12.4 Å². The molecular formula is C31H51ClN4O5. The summed E-state index contributed by atoms with van der Waals surface area (Å²) in [6.45, 7) is 5.22. The number of alkyl halides is 1. The molecule has 3 saturated carbocycles. The molecule has 4 fully saturated rings. The highest BCUT2D eigenvalue weighted by molar-refractivity contribution is 6.20. The van der Waals surface area contributed by atoms with Crippen LogP contribution in [0.3, 0.4) is 0 Å². The Bertz CT molecular complexity index is 941. The number of ether oxygens (including phenoxy) is 3. The molecule has 0 aromatic rings. The standard InChI is InChI=1S/C31H51ClN4O5/c1-19(2)41-26-17-24(40-4)12-13-25(26)30-34-28(21-6-5-7-23(16-21)39-3)29(20-8-10-22(32)11-9-20)36(30)31(38)35-15-14-33-27(37)18-35/h19-26,28-29H,5-18H2,1-4H3,(H,33,37)/t20?,21?,22?,23?,24?,25?,26?,28-,29+/m1/s1. The number of rotatable bonds is 7. The summed E-state index contributed by atoms with van der Waals surface area (Å²) in [7, 11) is 3.59. The Kier molecular flexibility index (Phi) is 10.5. The molecule has 5 unspecified atom stereocenters. The molecule has 3 amide bonds. The molecule has 2 aliphatic heterocycles. The number of urea groups is 1. The van der Waals surface area contributed by atoms with Crippen molar-refractivity contribution in [1.82, 2.24) is 15.1 Å². The summed E-state index contributed by atoms with van der Waals surface area (Å²) >= 11 is 6.59. The molecule has 232 valence electrons. The van der Waals surface area contributed by atoms with E-state index < -0.39 is 0 Å². The maximum atomic E-state index is 14.6. The molecule has 0 bridgehead atoms. The number of aliphatic imine (C=N–C) groups is 1. The zero-order valence-corrected chi connectivity index (χ0v) is 26.2. The summed E-state index contributed by atoms with van der Waals surface area (Å²) in [5.41, 5.74) is 0. The van der Waals surface area contributed by atoms with Crippen LogP contribution in [0.5, 0.6) is 0 Å². The second-order valence-corrected chi connectivity index (χ2v) is 13.8. The molecule has 41 heavy (non-hydrogen) atoms. The maximum Gasteiger partial charge on any atom is 0.326 e. The number of hydrogen-bond acceptors (Lipinski definition) is 6. The van der Waals surface area contributed by atoms with Gasteiger partial charge in [0.15, 0.2) is 0 Å². The molecule has 2 heterocycles. The lowest BCUT2D eigenvalue weighted by Gasteiger charge is -2.44. The van der Waals surface area contributed by atoms with E-state index in [-0.39, 0.29) is 66.3 Å². The zero-order chi connectivity index (χ0) is 29.1. The number of nitrogens with zero attached hydrogens (tertiary/aromatic N) is 3. The third-order valence-electron chi connectivity index (χ3n) is 10.2. The van der Waals surface area contributed by atoms with Crippen LogP contribution in [0.2, 0.25) is 0 Å². The number of amides is 3. The summed E-state index contributed by atoms with van der Waals surface area (Å²) in [6.07, 6.45) is 11.1. The third-order valence-corrected chi connectivity index (χ3v) is 10.7. The Hall–Kier alpha value is -1.42. The van der Waals surface area contributed by atoms with Crippen LogP contribution in [0.25, 0.3) is 0 Å². The van der Waals surface area contributed by atoms with Gasteiger partial charge < -0.3 is 24.4 Å². The zero-order valence-electron chi connectivity index (χ0n) is 25.4. The molecule has 0 radical (unpaired) electrons. The maximum absolute atomic E-state index is 14.6. The number of halogens is 1. The fraction of sp³-hybridized carbons (Fsp3) is 0.903. The molecule has 0 spiro atoms. The topological polar surface area (TPSA) is 92.7 Å². The lowest BCUT2D eigenvalue weighted by molar-refractivity contribution is -0.123. The summed E-state index contributed by atoms with van der Waals surface area (Å²) in [5, 5.41) is 3.08. The average molecular weight is 595 g/mol. The van der Waals surface area contributed by atoms with E-state index in [1.54, 1.807) is 12.0 Å². The van der Waals surface area contributed by atoms with E-state index in [0.29, 0.717) is 24.9 Å². The van der Waals surface area contributed by atoms with Crippen LogP contribution in [-0.2, 0) is 19.0 Å². The molecule has 1 saturated heterocycles. The van der Waals surface area contributed by atoms with E-state index in [1.165, 1.54) is 0 Å². The molecule has 0 aromatic heterocycles. The van der Waals surface area contributed by atoms with E-state index in [1.807, 2.05) is 7.11 Å². The van der Waals surface area contributed by atoms with Crippen LogP contribution in [0.15, 0.2) is 4.99 Å². The first-order valence-electron chi connectivity index (χ1n) is 16.1. The van der Waals surface area contributed by atoms with Gasteiger partial charge in [-0.3, -0.25) is 14.7 Å². The van der Waals surface area contributed by atoms with Gasteiger partial charge in [-0.1, -0.05) is 6.42 Å². The predicted molar refractivity (Wildman–Crippen MR) is 159 cm³/mol. The van der Waals surface area contributed by atoms with Crippen molar-refractivity contribution in [3.63, 3.8) is 0 Å².